The van der Waals surface area contributed by atoms with E-state index in [0.29, 0.717) is 17.2 Å². The molecule has 1 heterocycles. The minimum atomic E-state index is -0.476. The van der Waals surface area contributed by atoms with Crippen LogP contribution in [-0.4, -0.2) is 4.98 Å². The highest BCUT2D eigenvalue weighted by atomic mass is 19.1. The summed E-state index contributed by atoms with van der Waals surface area (Å²) >= 11 is 0. The minimum Gasteiger partial charge on any atom is -0.256 e. The fourth-order valence-corrected chi connectivity index (χ4v) is 4.04. The molecular formula is C25H23F2N. The van der Waals surface area contributed by atoms with Crippen LogP contribution in [0.5, 0.6) is 0 Å². The van der Waals surface area contributed by atoms with E-state index in [9.17, 15) is 4.39 Å². The van der Waals surface area contributed by atoms with E-state index in [1.54, 1.807) is 12.3 Å². The molecule has 3 heteroatoms. The van der Waals surface area contributed by atoms with Crippen molar-refractivity contribution in [1.29, 1.82) is 0 Å². The van der Waals surface area contributed by atoms with E-state index < -0.39 is 11.6 Å². The molecule has 0 spiro atoms. The first kappa shape index (κ1) is 18.5. The van der Waals surface area contributed by atoms with Gasteiger partial charge in [0.25, 0.3) is 0 Å². The van der Waals surface area contributed by atoms with Crippen molar-refractivity contribution < 1.29 is 8.78 Å². The number of aromatic nitrogens is 1. The van der Waals surface area contributed by atoms with Gasteiger partial charge < -0.3 is 0 Å². The average molecular weight is 375 g/mol. The molecule has 0 radical (unpaired) electrons. The predicted molar refractivity (Wildman–Crippen MR) is 113 cm³/mol. The lowest BCUT2D eigenvalue weighted by Gasteiger charge is -2.14. The first-order valence-corrected chi connectivity index (χ1v) is 9.62. The van der Waals surface area contributed by atoms with Crippen molar-refractivity contribution in [3.8, 4) is 11.3 Å². The largest absolute Gasteiger partial charge is 0.256 e. The smallest absolute Gasteiger partial charge is 0.137 e. The van der Waals surface area contributed by atoms with Crippen LogP contribution in [0, 0.1) is 31.4 Å². The maximum Gasteiger partial charge on any atom is 0.137 e. The second-order valence-corrected chi connectivity index (χ2v) is 8.04. The van der Waals surface area contributed by atoms with Gasteiger partial charge in [-0.15, -0.1) is 0 Å². The van der Waals surface area contributed by atoms with Gasteiger partial charge in [0.15, 0.2) is 0 Å². The van der Waals surface area contributed by atoms with Crippen LogP contribution in [0.1, 0.15) is 30.5 Å². The van der Waals surface area contributed by atoms with Gasteiger partial charge in [0.2, 0.25) is 0 Å². The summed E-state index contributed by atoms with van der Waals surface area (Å²) in [5.74, 6) is -0.742. The van der Waals surface area contributed by atoms with Crippen LogP contribution >= 0.6 is 0 Å². The highest BCUT2D eigenvalue weighted by molar-refractivity contribution is 6.11. The lowest BCUT2D eigenvalue weighted by atomic mass is 9.94. The van der Waals surface area contributed by atoms with Crippen molar-refractivity contribution in [3.63, 3.8) is 0 Å². The number of halogens is 2. The van der Waals surface area contributed by atoms with Crippen LogP contribution in [-0.2, 0) is 6.42 Å². The Kier molecular flexibility index (Phi) is 4.62. The topological polar surface area (TPSA) is 12.9 Å². The Labute approximate surface area is 164 Å². The highest BCUT2D eigenvalue weighted by Crippen LogP contribution is 2.35. The molecule has 4 aromatic rings. The lowest BCUT2D eigenvalue weighted by molar-refractivity contribution is 0.532. The molecule has 0 unspecified atom stereocenters. The number of nitrogens with zero attached hydrogens (tertiary/aromatic N) is 1. The molecule has 0 aliphatic carbocycles. The molecule has 0 saturated heterocycles. The van der Waals surface area contributed by atoms with Crippen molar-refractivity contribution in [2.45, 2.75) is 34.1 Å². The van der Waals surface area contributed by atoms with Crippen molar-refractivity contribution in [3.05, 3.63) is 77.0 Å². The molecule has 0 saturated carbocycles. The summed E-state index contributed by atoms with van der Waals surface area (Å²) in [5.41, 5.74) is 4.33. The molecule has 0 aliphatic rings. The number of benzene rings is 3. The van der Waals surface area contributed by atoms with E-state index in [4.69, 9.17) is 0 Å². The van der Waals surface area contributed by atoms with E-state index in [2.05, 4.69) is 37.0 Å². The van der Waals surface area contributed by atoms with Crippen LogP contribution in [0.2, 0.25) is 0 Å². The van der Waals surface area contributed by atoms with Crippen LogP contribution < -0.4 is 0 Å². The van der Waals surface area contributed by atoms with E-state index in [1.807, 2.05) is 26.0 Å². The van der Waals surface area contributed by atoms with E-state index in [-0.39, 0.29) is 11.5 Å². The minimum absolute atomic E-state index is 0.172. The molecule has 0 bridgehead atoms. The Morgan fingerprint density at radius 1 is 0.821 bits per heavy atom. The first-order valence-electron chi connectivity index (χ1n) is 9.62. The average Bonchev–Trinajstić information content (AvgIpc) is 2.63. The normalized spacial score (nSPS) is 11.7. The second kappa shape index (κ2) is 6.97. The SMILES string of the molecule is Cc1cc(C)cc(-c2nccc3c2ccc2c(F)c(CC(C)C)c(F)cc23)c1. The van der Waals surface area contributed by atoms with Crippen molar-refractivity contribution in [2.24, 2.45) is 5.92 Å². The molecule has 0 amide bonds. The molecule has 0 atom stereocenters. The number of aryl methyl sites for hydroxylation is 2. The number of rotatable bonds is 3. The Morgan fingerprint density at radius 3 is 2.18 bits per heavy atom. The standard InChI is InChI=1S/C25H23F2N/c1-14(2)9-22-23(26)13-21-18-7-8-28-25(17-11-15(3)10-16(4)12-17)20(18)6-5-19(21)24(22)27/h5-8,10-14H,9H2,1-4H3. The van der Waals surface area contributed by atoms with Gasteiger partial charge in [0.1, 0.15) is 11.6 Å². The number of hydrogen-bond donors (Lipinski definition) is 0. The molecule has 1 aromatic heterocycles. The lowest BCUT2D eigenvalue weighted by Crippen LogP contribution is -2.02. The summed E-state index contributed by atoms with van der Waals surface area (Å²) in [6, 6.07) is 13.3. The third kappa shape index (κ3) is 3.15. The molecule has 0 aliphatic heterocycles. The summed E-state index contributed by atoms with van der Waals surface area (Å²) in [5, 5.41) is 2.76. The molecule has 4 rings (SSSR count). The Hall–Kier alpha value is -2.81. The number of fused-ring (bicyclic) bond motifs is 3. The van der Waals surface area contributed by atoms with Gasteiger partial charge >= 0.3 is 0 Å². The van der Waals surface area contributed by atoms with Crippen molar-refractivity contribution >= 4 is 21.5 Å². The van der Waals surface area contributed by atoms with Gasteiger partial charge in [-0.1, -0.05) is 43.2 Å². The van der Waals surface area contributed by atoms with Crippen molar-refractivity contribution in [1.82, 2.24) is 4.98 Å². The zero-order valence-corrected chi connectivity index (χ0v) is 16.6. The summed E-state index contributed by atoms with van der Waals surface area (Å²) in [4.78, 5) is 4.58. The Morgan fingerprint density at radius 2 is 1.50 bits per heavy atom. The summed E-state index contributed by atoms with van der Waals surface area (Å²) in [6.07, 6.45) is 2.10. The molecule has 3 aromatic carbocycles. The number of pyridine rings is 1. The zero-order chi connectivity index (χ0) is 20.0. The summed E-state index contributed by atoms with van der Waals surface area (Å²) in [7, 11) is 0. The Balaban J connectivity index is 2.02. The van der Waals surface area contributed by atoms with Crippen LogP contribution in [0.3, 0.4) is 0 Å². The maximum atomic E-state index is 15.1. The van der Waals surface area contributed by atoms with Gasteiger partial charge in [-0.2, -0.15) is 0 Å². The second-order valence-electron chi connectivity index (χ2n) is 8.04. The van der Waals surface area contributed by atoms with E-state index >= 15 is 4.39 Å². The summed E-state index contributed by atoms with van der Waals surface area (Å²) in [6.45, 7) is 8.03. The third-order valence-corrected chi connectivity index (χ3v) is 5.16. The fraction of sp³-hybridized carbons (Fsp3) is 0.240. The van der Waals surface area contributed by atoms with Gasteiger partial charge in [0, 0.05) is 28.1 Å². The predicted octanol–water partition coefficient (Wildman–Crippen LogP) is 7.15. The summed E-state index contributed by atoms with van der Waals surface area (Å²) < 4.78 is 29.8. The van der Waals surface area contributed by atoms with Crippen LogP contribution in [0.15, 0.2) is 48.7 Å². The van der Waals surface area contributed by atoms with Crippen LogP contribution in [0.4, 0.5) is 8.78 Å². The molecule has 1 nitrogen and oxygen atoms in total. The monoisotopic (exact) mass is 375 g/mol. The first-order chi connectivity index (χ1) is 13.3. The zero-order valence-electron chi connectivity index (χ0n) is 16.6. The van der Waals surface area contributed by atoms with Crippen LogP contribution in [0.25, 0.3) is 32.8 Å². The Bertz CT molecular complexity index is 1190. The van der Waals surface area contributed by atoms with Gasteiger partial charge in [-0.3, -0.25) is 4.98 Å². The molecule has 142 valence electrons. The van der Waals surface area contributed by atoms with E-state index in [0.717, 1.165) is 33.2 Å². The molecule has 0 fully saturated rings. The van der Waals surface area contributed by atoms with Gasteiger partial charge in [-0.05, 0) is 61.2 Å². The molecule has 0 N–H and O–H groups in total. The molecular weight excluding hydrogens is 352 g/mol. The maximum absolute atomic E-state index is 15.1. The fourth-order valence-electron chi connectivity index (χ4n) is 4.04. The van der Waals surface area contributed by atoms with Gasteiger partial charge in [-0.25, -0.2) is 8.78 Å². The quantitative estimate of drug-likeness (QED) is 0.347. The highest BCUT2D eigenvalue weighted by Gasteiger charge is 2.17. The third-order valence-electron chi connectivity index (χ3n) is 5.16. The van der Waals surface area contributed by atoms with Gasteiger partial charge in [0.05, 0.1) is 5.69 Å². The van der Waals surface area contributed by atoms with Crippen molar-refractivity contribution in [2.75, 3.05) is 0 Å². The number of hydrogen-bond acceptors (Lipinski definition) is 1. The molecule has 28 heavy (non-hydrogen) atoms. The van der Waals surface area contributed by atoms with E-state index in [1.165, 1.54) is 6.07 Å².